The summed E-state index contributed by atoms with van der Waals surface area (Å²) in [5.41, 5.74) is 0.558. The third-order valence-corrected chi connectivity index (χ3v) is 4.78. The molecule has 9 heteroatoms. The maximum Gasteiger partial charge on any atom is 0.261 e. The van der Waals surface area contributed by atoms with E-state index in [0.717, 1.165) is 12.8 Å². The lowest BCUT2D eigenvalue weighted by atomic mass is 9.95. The van der Waals surface area contributed by atoms with Crippen molar-refractivity contribution in [2.45, 2.75) is 26.2 Å². The molecule has 32 heavy (non-hydrogen) atoms. The molecule has 0 spiro atoms. The summed E-state index contributed by atoms with van der Waals surface area (Å²) in [6.45, 7) is 10.2. The van der Waals surface area contributed by atoms with E-state index in [4.69, 9.17) is 16.0 Å². The number of nitrogens with one attached hydrogen (secondary N) is 2. The molecule has 1 aliphatic rings. The second kappa shape index (κ2) is 10.4. The Bertz CT molecular complexity index is 1110. The molecule has 0 bridgehead atoms. The van der Waals surface area contributed by atoms with Gasteiger partial charge in [0, 0.05) is 17.5 Å². The second-order valence-electron chi connectivity index (χ2n) is 6.97. The van der Waals surface area contributed by atoms with Gasteiger partial charge in [-0.15, -0.1) is 0 Å². The fraction of sp³-hybridized carbons (Fsp3) is 0.304. The zero-order valence-electron chi connectivity index (χ0n) is 17.8. The van der Waals surface area contributed by atoms with E-state index in [1.807, 2.05) is 6.92 Å². The SMILES string of the molecule is [C-]#[N+]c1ccc(OCCCC)c(C(=O)NC2=NCCC(=O)N2)c1-c1cc(F)ccc1OC. The number of ether oxygens (including phenoxy) is 2. The lowest BCUT2D eigenvalue weighted by Gasteiger charge is -2.20. The Balaban J connectivity index is 2.18. The number of guanidine groups is 1. The lowest BCUT2D eigenvalue weighted by Crippen LogP contribution is -2.46. The zero-order chi connectivity index (χ0) is 23.1. The van der Waals surface area contributed by atoms with Crippen LogP contribution in [0.5, 0.6) is 11.5 Å². The Morgan fingerprint density at radius 2 is 2.09 bits per heavy atom. The van der Waals surface area contributed by atoms with Crippen molar-refractivity contribution in [2.75, 3.05) is 20.3 Å². The number of carbonyl (C=O) groups is 2. The third kappa shape index (κ3) is 5.03. The summed E-state index contributed by atoms with van der Waals surface area (Å²) >= 11 is 0. The maximum absolute atomic E-state index is 14.2. The van der Waals surface area contributed by atoms with Crippen LogP contribution in [0, 0.1) is 12.4 Å². The van der Waals surface area contributed by atoms with Gasteiger partial charge in [0.05, 0.1) is 32.4 Å². The fourth-order valence-electron chi connectivity index (χ4n) is 3.23. The van der Waals surface area contributed by atoms with Gasteiger partial charge in [0.15, 0.2) is 5.69 Å². The van der Waals surface area contributed by atoms with Crippen LogP contribution in [-0.4, -0.2) is 38.0 Å². The van der Waals surface area contributed by atoms with Gasteiger partial charge in [-0.2, -0.15) is 0 Å². The highest BCUT2D eigenvalue weighted by Crippen LogP contribution is 2.43. The van der Waals surface area contributed by atoms with E-state index in [1.54, 1.807) is 0 Å². The Labute approximate surface area is 185 Å². The molecule has 3 rings (SSSR count). The first kappa shape index (κ1) is 22.7. The van der Waals surface area contributed by atoms with Crippen molar-refractivity contribution < 1.29 is 23.5 Å². The van der Waals surface area contributed by atoms with Crippen molar-refractivity contribution in [1.82, 2.24) is 10.6 Å². The molecular formula is C23H23FN4O4. The number of hydrogen-bond acceptors (Lipinski definition) is 5. The highest BCUT2D eigenvalue weighted by Gasteiger charge is 2.26. The average Bonchev–Trinajstić information content (AvgIpc) is 2.78. The van der Waals surface area contributed by atoms with Crippen molar-refractivity contribution in [3.8, 4) is 22.6 Å². The topological polar surface area (TPSA) is 93.4 Å². The van der Waals surface area contributed by atoms with Gasteiger partial charge in [-0.1, -0.05) is 19.4 Å². The van der Waals surface area contributed by atoms with Crippen molar-refractivity contribution >= 4 is 23.5 Å². The van der Waals surface area contributed by atoms with Gasteiger partial charge < -0.3 is 9.47 Å². The smallest absolute Gasteiger partial charge is 0.261 e. The molecule has 166 valence electrons. The molecular weight excluding hydrogens is 415 g/mol. The average molecular weight is 438 g/mol. The molecule has 0 aromatic heterocycles. The molecule has 0 saturated carbocycles. The minimum Gasteiger partial charge on any atom is -0.496 e. The van der Waals surface area contributed by atoms with Crippen LogP contribution in [0.15, 0.2) is 35.3 Å². The number of carbonyl (C=O) groups excluding carboxylic acids is 2. The number of rotatable bonds is 7. The lowest BCUT2D eigenvalue weighted by molar-refractivity contribution is -0.119. The van der Waals surface area contributed by atoms with Crippen LogP contribution < -0.4 is 20.1 Å². The van der Waals surface area contributed by atoms with Crippen LogP contribution in [0.1, 0.15) is 36.5 Å². The van der Waals surface area contributed by atoms with Crippen molar-refractivity contribution in [3.63, 3.8) is 0 Å². The highest BCUT2D eigenvalue weighted by molar-refractivity contribution is 6.15. The monoisotopic (exact) mass is 438 g/mol. The first-order chi connectivity index (χ1) is 15.5. The number of methoxy groups -OCH3 is 1. The highest BCUT2D eigenvalue weighted by atomic mass is 19.1. The van der Waals surface area contributed by atoms with Crippen LogP contribution in [0.25, 0.3) is 16.0 Å². The van der Waals surface area contributed by atoms with Crippen molar-refractivity contribution in [1.29, 1.82) is 0 Å². The molecule has 0 unspecified atom stereocenters. The number of halogens is 1. The minimum atomic E-state index is -0.649. The van der Waals surface area contributed by atoms with E-state index in [1.165, 1.54) is 37.4 Å². The third-order valence-electron chi connectivity index (χ3n) is 4.78. The first-order valence-corrected chi connectivity index (χ1v) is 10.1. The van der Waals surface area contributed by atoms with Gasteiger partial charge >= 0.3 is 0 Å². The van der Waals surface area contributed by atoms with Crippen LogP contribution in [0.4, 0.5) is 10.1 Å². The Hall–Kier alpha value is -3.93. The van der Waals surface area contributed by atoms with Crippen LogP contribution in [-0.2, 0) is 4.79 Å². The summed E-state index contributed by atoms with van der Waals surface area (Å²) in [5, 5.41) is 5.07. The van der Waals surface area contributed by atoms with E-state index in [-0.39, 0.29) is 53.0 Å². The Morgan fingerprint density at radius 3 is 2.78 bits per heavy atom. The number of aliphatic imine (C=N–C) groups is 1. The summed E-state index contributed by atoms with van der Waals surface area (Å²) < 4.78 is 25.4. The molecule has 2 N–H and O–H groups in total. The molecule has 2 aromatic carbocycles. The summed E-state index contributed by atoms with van der Waals surface area (Å²) in [4.78, 5) is 32.7. The zero-order valence-corrected chi connectivity index (χ0v) is 17.8. The molecule has 0 aliphatic carbocycles. The van der Waals surface area contributed by atoms with Crippen molar-refractivity contribution in [3.05, 3.63) is 53.1 Å². The number of amides is 2. The molecule has 0 atom stereocenters. The van der Waals surface area contributed by atoms with Gasteiger partial charge in [0.1, 0.15) is 17.3 Å². The van der Waals surface area contributed by atoms with Gasteiger partial charge in [-0.25, -0.2) is 9.24 Å². The molecule has 2 amide bonds. The quantitative estimate of drug-likeness (QED) is 0.507. The number of nitrogens with zero attached hydrogens (tertiary/aromatic N) is 2. The molecule has 0 radical (unpaired) electrons. The summed E-state index contributed by atoms with van der Waals surface area (Å²) in [7, 11) is 1.42. The number of unbranched alkanes of at least 4 members (excludes halogenated alkanes) is 1. The predicted molar refractivity (Wildman–Crippen MR) is 118 cm³/mol. The standard InChI is InChI=1S/C23H23FN4O4/c1-4-5-12-32-18-9-7-16(25-2)20(15-13-14(24)6-8-17(15)31-3)21(18)22(30)28-23-26-11-10-19(29)27-23/h6-9,13H,4-5,10-12H2,1,3H3,(H2,26,27,28,29,30). The van der Waals surface area contributed by atoms with Gasteiger partial charge in [0.2, 0.25) is 11.9 Å². The molecule has 2 aromatic rings. The Morgan fingerprint density at radius 1 is 1.31 bits per heavy atom. The van der Waals surface area contributed by atoms with E-state index >= 15 is 0 Å². The summed E-state index contributed by atoms with van der Waals surface area (Å²) in [5.74, 6) is -0.937. The van der Waals surface area contributed by atoms with E-state index < -0.39 is 11.7 Å². The predicted octanol–water partition coefficient (Wildman–Crippen LogP) is 3.84. The molecule has 1 heterocycles. The first-order valence-electron chi connectivity index (χ1n) is 10.1. The van der Waals surface area contributed by atoms with E-state index in [9.17, 15) is 14.0 Å². The Kier molecular flexibility index (Phi) is 7.39. The van der Waals surface area contributed by atoms with E-state index in [0.29, 0.717) is 12.4 Å². The van der Waals surface area contributed by atoms with E-state index in [2.05, 4.69) is 20.5 Å². The number of hydrogen-bond donors (Lipinski definition) is 2. The summed E-state index contributed by atoms with van der Waals surface area (Å²) in [6.07, 6.45) is 1.87. The maximum atomic E-state index is 14.2. The molecule has 0 fully saturated rings. The van der Waals surface area contributed by atoms with Crippen LogP contribution in [0.2, 0.25) is 0 Å². The molecule has 0 saturated heterocycles. The van der Waals surface area contributed by atoms with Gasteiger partial charge in [-0.3, -0.25) is 25.2 Å². The second-order valence-corrected chi connectivity index (χ2v) is 6.97. The normalized spacial score (nSPS) is 12.9. The van der Waals surface area contributed by atoms with Crippen molar-refractivity contribution in [2.24, 2.45) is 4.99 Å². The van der Waals surface area contributed by atoms with Crippen LogP contribution >= 0.6 is 0 Å². The fourth-order valence-corrected chi connectivity index (χ4v) is 3.23. The summed E-state index contributed by atoms with van der Waals surface area (Å²) in [6, 6.07) is 6.91. The number of benzene rings is 2. The van der Waals surface area contributed by atoms with Gasteiger partial charge in [-0.05, 0) is 30.7 Å². The minimum absolute atomic E-state index is 0.0103. The molecule has 1 aliphatic heterocycles. The molecule has 8 nitrogen and oxygen atoms in total. The van der Waals surface area contributed by atoms with Gasteiger partial charge in [0.25, 0.3) is 5.91 Å². The van der Waals surface area contributed by atoms with Crippen LogP contribution in [0.3, 0.4) is 0 Å². The largest absolute Gasteiger partial charge is 0.496 e.